The second-order valence-electron chi connectivity index (χ2n) is 6.65. The predicted molar refractivity (Wildman–Crippen MR) is 124 cm³/mol. The molecule has 0 spiro atoms. The Hall–Kier alpha value is -2.06. The minimum Gasteiger partial charge on any atom is -0.493 e. The Labute approximate surface area is 191 Å². The van der Waals surface area contributed by atoms with Crippen molar-refractivity contribution in [1.29, 1.82) is 0 Å². The molecule has 2 aromatic carbocycles. The highest BCUT2D eigenvalue weighted by atomic mass is 35.5. The van der Waals surface area contributed by atoms with Gasteiger partial charge in [0.1, 0.15) is 6.61 Å². The van der Waals surface area contributed by atoms with E-state index in [1.165, 1.54) is 0 Å². The van der Waals surface area contributed by atoms with Gasteiger partial charge in [0.2, 0.25) is 0 Å². The van der Waals surface area contributed by atoms with E-state index < -0.39 is 0 Å². The number of ether oxygens (including phenoxy) is 3. The number of nitrogens with zero attached hydrogens (tertiary/aromatic N) is 1. The summed E-state index contributed by atoms with van der Waals surface area (Å²) in [5.41, 5.74) is 4.47. The van der Waals surface area contributed by atoms with Crippen LogP contribution in [-0.4, -0.2) is 37.7 Å². The Morgan fingerprint density at radius 1 is 1.27 bits per heavy atom. The molecule has 0 aliphatic carbocycles. The summed E-state index contributed by atoms with van der Waals surface area (Å²) in [5.74, 6) is 1.19. The number of hydrazone groups is 1. The zero-order valence-corrected chi connectivity index (χ0v) is 18.8. The average molecular weight is 468 g/mol. The van der Waals surface area contributed by atoms with Crippen molar-refractivity contribution in [3.05, 3.63) is 57.6 Å². The third-order valence-electron chi connectivity index (χ3n) is 4.48. The number of rotatable bonds is 8. The summed E-state index contributed by atoms with van der Waals surface area (Å²) >= 11 is 17.3. The Balaban J connectivity index is 1.52. The lowest BCUT2D eigenvalue weighted by Crippen LogP contribution is -2.37. The summed E-state index contributed by atoms with van der Waals surface area (Å²) < 4.78 is 16.8. The molecule has 9 heteroatoms. The zero-order valence-electron chi connectivity index (χ0n) is 16.5. The van der Waals surface area contributed by atoms with E-state index in [9.17, 15) is 0 Å². The normalized spacial score (nSPS) is 15.9. The molecule has 6 nitrogen and oxygen atoms in total. The van der Waals surface area contributed by atoms with Crippen LogP contribution in [-0.2, 0) is 11.3 Å². The minimum atomic E-state index is 0.216. The van der Waals surface area contributed by atoms with Crippen LogP contribution in [0.4, 0.5) is 0 Å². The van der Waals surface area contributed by atoms with Crippen molar-refractivity contribution in [2.45, 2.75) is 25.6 Å². The van der Waals surface area contributed by atoms with Crippen LogP contribution in [0.3, 0.4) is 0 Å². The van der Waals surface area contributed by atoms with E-state index >= 15 is 0 Å². The Morgan fingerprint density at radius 3 is 2.87 bits per heavy atom. The summed E-state index contributed by atoms with van der Waals surface area (Å²) in [6.45, 7) is 1.80. The van der Waals surface area contributed by atoms with Crippen LogP contribution in [0.25, 0.3) is 0 Å². The molecular weight excluding hydrogens is 445 g/mol. The smallest absolute Gasteiger partial charge is 0.187 e. The summed E-state index contributed by atoms with van der Waals surface area (Å²) in [5, 5.41) is 8.85. The van der Waals surface area contributed by atoms with E-state index in [-0.39, 0.29) is 6.10 Å². The molecule has 1 saturated heterocycles. The summed E-state index contributed by atoms with van der Waals surface area (Å²) in [6.07, 6.45) is 4.02. The lowest BCUT2D eigenvalue weighted by Gasteiger charge is -2.12. The highest BCUT2D eigenvalue weighted by molar-refractivity contribution is 7.80. The number of halogens is 2. The van der Waals surface area contributed by atoms with Gasteiger partial charge in [0.25, 0.3) is 0 Å². The molecule has 1 heterocycles. The fourth-order valence-corrected chi connectivity index (χ4v) is 3.49. The van der Waals surface area contributed by atoms with Gasteiger partial charge in [-0.05, 0) is 61.0 Å². The van der Waals surface area contributed by atoms with Crippen molar-refractivity contribution in [1.82, 2.24) is 10.7 Å². The molecule has 0 saturated carbocycles. The first-order valence-corrected chi connectivity index (χ1v) is 10.6. The standard InChI is InChI=1S/C21H23Cl2N3O3S/c1-27-20-9-14(11-25-26-21(30)24-12-17-3-2-8-28-17)4-7-19(20)29-13-15-5-6-16(22)10-18(15)23/h4-7,9-11,17H,2-3,8,12-13H2,1H3,(H2,24,26,30)/b25-11+. The van der Waals surface area contributed by atoms with Crippen LogP contribution in [0, 0.1) is 0 Å². The maximum atomic E-state index is 6.19. The van der Waals surface area contributed by atoms with Crippen molar-refractivity contribution >= 4 is 46.7 Å². The van der Waals surface area contributed by atoms with Gasteiger partial charge in [-0.15, -0.1) is 0 Å². The molecule has 1 aliphatic rings. The minimum absolute atomic E-state index is 0.216. The number of hydrogen-bond acceptors (Lipinski definition) is 5. The second kappa shape index (κ2) is 11.4. The molecule has 3 rings (SSSR count). The van der Waals surface area contributed by atoms with E-state index in [0.29, 0.717) is 39.8 Å². The van der Waals surface area contributed by atoms with Gasteiger partial charge < -0.3 is 19.5 Å². The molecular formula is C21H23Cl2N3O3S. The molecule has 1 atom stereocenters. The molecule has 1 aliphatic heterocycles. The molecule has 1 fully saturated rings. The molecule has 2 aromatic rings. The number of hydrogen-bond donors (Lipinski definition) is 2. The van der Waals surface area contributed by atoms with E-state index in [4.69, 9.17) is 49.6 Å². The number of methoxy groups -OCH3 is 1. The maximum Gasteiger partial charge on any atom is 0.187 e. The predicted octanol–water partition coefficient (Wildman–Crippen LogP) is 4.56. The molecule has 1 unspecified atom stereocenters. The molecule has 0 radical (unpaired) electrons. The quantitative estimate of drug-likeness (QED) is 0.337. The summed E-state index contributed by atoms with van der Waals surface area (Å²) in [7, 11) is 1.58. The lowest BCUT2D eigenvalue weighted by atomic mass is 10.2. The van der Waals surface area contributed by atoms with Crippen molar-refractivity contribution in [2.24, 2.45) is 5.10 Å². The first-order valence-electron chi connectivity index (χ1n) is 9.48. The molecule has 30 heavy (non-hydrogen) atoms. The fourth-order valence-electron chi connectivity index (χ4n) is 2.89. The van der Waals surface area contributed by atoms with Crippen molar-refractivity contribution < 1.29 is 14.2 Å². The largest absolute Gasteiger partial charge is 0.493 e. The van der Waals surface area contributed by atoms with Crippen molar-refractivity contribution in [3.8, 4) is 11.5 Å². The monoisotopic (exact) mass is 467 g/mol. The molecule has 0 amide bonds. The van der Waals surface area contributed by atoms with E-state index in [1.807, 2.05) is 24.3 Å². The third-order valence-corrected chi connectivity index (χ3v) is 5.30. The Bertz CT molecular complexity index is 905. The lowest BCUT2D eigenvalue weighted by molar-refractivity contribution is 0.114. The number of thiocarbonyl (C=S) groups is 1. The second-order valence-corrected chi connectivity index (χ2v) is 7.90. The zero-order chi connectivity index (χ0) is 21.3. The van der Waals surface area contributed by atoms with Crippen LogP contribution in [0.15, 0.2) is 41.5 Å². The molecule has 0 aromatic heterocycles. The van der Waals surface area contributed by atoms with Crippen LogP contribution in [0.2, 0.25) is 10.0 Å². The maximum absolute atomic E-state index is 6.19. The molecule has 160 valence electrons. The Kier molecular flexibility index (Phi) is 8.57. The van der Waals surface area contributed by atoms with Crippen molar-refractivity contribution in [3.63, 3.8) is 0 Å². The third kappa shape index (κ3) is 6.74. The van der Waals surface area contributed by atoms with Gasteiger partial charge in [-0.2, -0.15) is 5.10 Å². The number of nitrogens with one attached hydrogen (secondary N) is 2. The van der Waals surface area contributed by atoms with Crippen LogP contribution in [0.5, 0.6) is 11.5 Å². The van der Waals surface area contributed by atoms with Crippen molar-refractivity contribution in [2.75, 3.05) is 20.3 Å². The highest BCUT2D eigenvalue weighted by Crippen LogP contribution is 2.29. The van der Waals surface area contributed by atoms with Gasteiger partial charge in [-0.3, -0.25) is 5.43 Å². The fraction of sp³-hybridized carbons (Fsp3) is 0.333. The van der Waals surface area contributed by atoms with E-state index in [0.717, 1.165) is 30.6 Å². The van der Waals surface area contributed by atoms with Gasteiger partial charge in [0, 0.05) is 28.8 Å². The van der Waals surface area contributed by atoms with E-state index in [2.05, 4.69) is 15.8 Å². The van der Waals surface area contributed by atoms with Gasteiger partial charge in [-0.1, -0.05) is 29.3 Å². The topological polar surface area (TPSA) is 64.1 Å². The first kappa shape index (κ1) is 22.6. The Morgan fingerprint density at radius 2 is 2.13 bits per heavy atom. The summed E-state index contributed by atoms with van der Waals surface area (Å²) in [6, 6.07) is 10.8. The van der Waals surface area contributed by atoms with Crippen LogP contribution in [0.1, 0.15) is 24.0 Å². The van der Waals surface area contributed by atoms with Crippen LogP contribution >= 0.6 is 35.4 Å². The first-order chi connectivity index (χ1) is 14.5. The summed E-state index contributed by atoms with van der Waals surface area (Å²) in [4.78, 5) is 0. The van der Waals surface area contributed by atoms with Crippen LogP contribution < -0.4 is 20.2 Å². The van der Waals surface area contributed by atoms with Gasteiger partial charge in [0.15, 0.2) is 16.6 Å². The van der Waals surface area contributed by atoms with Gasteiger partial charge >= 0.3 is 0 Å². The average Bonchev–Trinajstić information content (AvgIpc) is 3.26. The SMILES string of the molecule is COc1cc(/C=N/NC(=S)NCC2CCCO2)ccc1OCc1ccc(Cl)cc1Cl. The highest BCUT2D eigenvalue weighted by Gasteiger charge is 2.15. The number of benzene rings is 2. The van der Waals surface area contributed by atoms with Gasteiger partial charge in [-0.25, -0.2) is 0 Å². The van der Waals surface area contributed by atoms with E-state index in [1.54, 1.807) is 25.5 Å². The molecule has 2 N–H and O–H groups in total. The molecule has 0 bridgehead atoms. The van der Waals surface area contributed by atoms with Gasteiger partial charge in [0.05, 0.1) is 19.4 Å².